The first kappa shape index (κ1) is 13.5. The fourth-order valence-corrected chi connectivity index (χ4v) is 1.81. The van der Waals surface area contributed by atoms with Gasteiger partial charge in [-0.15, -0.1) is 0 Å². The van der Waals surface area contributed by atoms with Gasteiger partial charge in [-0.2, -0.15) is 0 Å². The molecule has 19 heavy (non-hydrogen) atoms. The van der Waals surface area contributed by atoms with Crippen molar-refractivity contribution in [1.82, 2.24) is 4.98 Å². The number of carbonyl (C=O) groups is 1. The number of anilines is 1. The second-order valence-corrected chi connectivity index (χ2v) is 5.45. The molecule has 0 unspecified atom stereocenters. The summed E-state index contributed by atoms with van der Waals surface area (Å²) < 4.78 is 0. The van der Waals surface area contributed by atoms with Crippen molar-refractivity contribution in [2.24, 2.45) is 5.73 Å². The summed E-state index contributed by atoms with van der Waals surface area (Å²) in [5.74, 6) is -0.0123. The minimum atomic E-state index is -0.315. The number of pyridine rings is 1. The normalized spacial score (nSPS) is 11.5. The molecule has 0 saturated carbocycles. The maximum Gasteiger partial charge on any atom is 0.224 e. The second-order valence-electron chi connectivity index (χ2n) is 5.45. The molecule has 3 N–H and O–H groups in total. The SMILES string of the molecule is CC(C)(N)CCC(=O)Nc1ccc2ncccc2c1. The van der Waals surface area contributed by atoms with Gasteiger partial charge in [0.05, 0.1) is 5.52 Å². The molecule has 4 heteroatoms. The first-order valence-electron chi connectivity index (χ1n) is 6.38. The molecular formula is C15H19N3O. The molecule has 2 aromatic rings. The molecule has 2 rings (SSSR count). The van der Waals surface area contributed by atoms with Crippen LogP contribution in [0.25, 0.3) is 10.9 Å². The highest BCUT2D eigenvalue weighted by Crippen LogP contribution is 2.17. The van der Waals surface area contributed by atoms with Gasteiger partial charge in [0, 0.05) is 29.2 Å². The standard InChI is InChI=1S/C15H19N3O/c1-15(2,16)8-7-14(19)18-12-5-6-13-11(10-12)4-3-9-17-13/h3-6,9-10H,7-8,16H2,1-2H3,(H,18,19). The molecule has 0 bridgehead atoms. The van der Waals surface area contributed by atoms with E-state index in [4.69, 9.17) is 5.73 Å². The van der Waals surface area contributed by atoms with E-state index in [1.54, 1.807) is 6.20 Å². The molecular weight excluding hydrogens is 238 g/mol. The molecule has 0 aliphatic carbocycles. The minimum Gasteiger partial charge on any atom is -0.326 e. The van der Waals surface area contributed by atoms with Crippen LogP contribution < -0.4 is 11.1 Å². The lowest BCUT2D eigenvalue weighted by Gasteiger charge is -2.17. The number of aromatic nitrogens is 1. The predicted octanol–water partition coefficient (Wildman–Crippen LogP) is 2.69. The third-order valence-corrected chi connectivity index (χ3v) is 2.88. The highest BCUT2D eigenvalue weighted by atomic mass is 16.1. The summed E-state index contributed by atoms with van der Waals surface area (Å²) >= 11 is 0. The molecule has 0 saturated heterocycles. The van der Waals surface area contributed by atoms with Crippen LogP contribution in [-0.2, 0) is 4.79 Å². The lowest BCUT2D eigenvalue weighted by Crippen LogP contribution is -2.33. The van der Waals surface area contributed by atoms with E-state index in [1.807, 2.05) is 44.2 Å². The van der Waals surface area contributed by atoms with Gasteiger partial charge in [0.2, 0.25) is 5.91 Å². The molecule has 0 aliphatic rings. The number of nitrogens with zero attached hydrogens (tertiary/aromatic N) is 1. The van der Waals surface area contributed by atoms with Gasteiger partial charge in [0.25, 0.3) is 0 Å². The van der Waals surface area contributed by atoms with Crippen molar-refractivity contribution in [3.63, 3.8) is 0 Å². The Morgan fingerprint density at radius 2 is 2.16 bits per heavy atom. The fourth-order valence-electron chi connectivity index (χ4n) is 1.81. The Bertz CT molecular complexity index is 587. The van der Waals surface area contributed by atoms with Gasteiger partial charge in [-0.25, -0.2) is 0 Å². The number of hydrogen-bond acceptors (Lipinski definition) is 3. The van der Waals surface area contributed by atoms with Crippen molar-refractivity contribution in [1.29, 1.82) is 0 Å². The highest BCUT2D eigenvalue weighted by molar-refractivity contribution is 5.93. The van der Waals surface area contributed by atoms with Gasteiger partial charge in [-0.3, -0.25) is 9.78 Å². The number of carbonyl (C=O) groups excluding carboxylic acids is 1. The van der Waals surface area contributed by atoms with Crippen LogP contribution in [0.1, 0.15) is 26.7 Å². The first-order valence-corrected chi connectivity index (χ1v) is 6.38. The Hall–Kier alpha value is -1.94. The van der Waals surface area contributed by atoms with Crippen molar-refractivity contribution in [2.75, 3.05) is 5.32 Å². The highest BCUT2D eigenvalue weighted by Gasteiger charge is 2.13. The van der Waals surface area contributed by atoms with Gasteiger partial charge < -0.3 is 11.1 Å². The molecule has 0 spiro atoms. The Labute approximate surface area is 113 Å². The van der Waals surface area contributed by atoms with E-state index < -0.39 is 0 Å². The second kappa shape index (κ2) is 5.36. The van der Waals surface area contributed by atoms with E-state index in [9.17, 15) is 4.79 Å². The van der Waals surface area contributed by atoms with Gasteiger partial charge in [0.15, 0.2) is 0 Å². The first-order chi connectivity index (χ1) is 8.94. The van der Waals surface area contributed by atoms with Crippen molar-refractivity contribution < 1.29 is 4.79 Å². The topological polar surface area (TPSA) is 68.0 Å². The molecule has 1 amide bonds. The van der Waals surface area contributed by atoms with Gasteiger partial charge >= 0.3 is 0 Å². The molecule has 1 heterocycles. The molecule has 0 fully saturated rings. The molecule has 1 aromatic heterocycles. The maximum atomic E-state index is 11.8. The predicted molar refractivity (Wildman–Crippen MR) is 77.9 cm³/mol. The number of hydrogen-bond donors (Lipinski definition) is 2. The lowest BCUT2D eigenvalue weighted by molar-refractivity contribution is -0.116. The third-order valence-electron chi connectivity index (χ3n) is 2.88. The number of rotatable bonds is 4. The van der Waals surface area contributed by atoms with E-state index in [0.29, 0.717) is 12.8 Å². The fraction of sp³-hybridized carbons (Fsp3) is 0.333. The minimum absolute atomic E-state index is 0.0123. The molecule has 0 aliphatic heterocycles. The van der Waals surface area contributed by atoms with E-state index >= 15 is 0 Å². The summed E-state index contributed by atoms with van der Waals surface area (Å²) in [6.07, 6.45) is 2.84. The van der Waals surface area contributed by atoms with Crippen LogP contribution in [0.5, 0.6) is 0 Å². The number of nitrogens with two attached hydrogens (primary N) is 1. The van der Waals surface area contributed by atoms with Crippen LogP contribution in [0.3, 0.4) is 0 Å². The molecule has 0 radical (unpaired) electrons. The number of nitrogens with one attached hydrogen (secondary N) is 1. The number of benzene rings is 1. The zero-order valence-electron chi connectivity index (χ0n) is 11.3. The summed E-state index contributed by atoms with van der Waals surface area (Å²) in [6, 6.07) is 9.54. The largest absolute Gasteiger partial charge is 0.326 e. The summed E-state index contributed by atoms with van der Waals surface area (Å²) in [5.41, 5.74) is 7.26. The Balaban J connectivity index is 2.03. The van der Waals surface area contributed by atoms with Crippen molar-refractivity contribution >= 4 is 22.5 Å². The van der Waals surface area contributed by atoms with E-state index in [0.717, 1.165) is 16.6 Å². The van der Waals surface area contributed by atoms with E-state index in [-0.39, 0.29) is 11.4 Å². The zero-order chi connectivity index (χ0) is 13.9. The Morgan fingerprint density at radius 1 is 1.37 bits per heavy atom. The average Bonchev–Trinajstić information content (AvgIpc) is 2.35. The van der Waals surface area contributed by atoms with Crippen molar-refractivity contribution in [2.45, 2.75) is 32.2 Å². The van der Waals surface area contributed by atoms with Crippen LogP contribution in [0, 0.1) is 0 Å². The summed E-state index contributed by atoms with van der Waals surface area (Å²) in [6.45, 7) is 3.84. The maximum absolute atomic E-state index is 11.8. The Kier molecular flexibility index (Phi) is 3.81. The van der Waals surface area contributed by atoms with E-state index in [2.05, 4.69) is 10.3 Å². The summed E-state index contributed by atoms with van der Waals surface area (Å²) in [5, 5.41) is 3.90. The molecule has 0 atom stereocenters. The van der Waals surface area contributed by atoms with Crippen molar-refractivity contribution in [3.8, 4) is 0 Å². The van der Waals surface area contributed by atoms with Crippen LogP contribution in [-0.4, -0.2) is 16.4 Å². The van der Waals surface area contributed by atoms with Gasteiger partial charge in [-0.05, 0) is 44.5 Å². The molecule has 4 nitrogen and oxygen atoms in total. The Morgan fingerprint density at radius 3 is 2.89 bits per heavy atom. The third kappa shape index (κ3) is 4.03. The van der Waals surface area contributed by atoms with Crippen molar-refractivity contribution in [3.05, 3.63) is 36.5 Å². The van der Waals surface area contributed by atoms with Gasteiger partial charge in [-0.1, -0.05) is 6.07 Å². The number of fused-ring (bicyclic) bond motifs is 1. The van der Waals surface area contributed by atoms with E-state index in [1.165, 1.54) is 0 Å². The smallest absolute Gasteiger partial charge is 0.224 e. The van der Waals surface area contributed by atoms with Crippen LogP contribution in [0.15, 0.2) is 36.5 Å². The average molecular weight is 257 g/mol. The lowest BCUT2D eigenvalue weighted by atomic mass is 10.00. The molecule has 100 valence electrons. The summed E-state index contributed by atoms with van der Waals surface area (Å²) in [4.78, 5) is 16.1. The van der Waals surface area contributed by atoms with Crippen LogP contribution >= 0.6 is 0 Å². The number of amides is 1. The monoisotopic (exact) mass is 257 g/mol. The molecule has 1 aromatic carbocycles. The van der Waals surface area contributed by atoms with Crippen LogP contribution in [0.4, 0.5) is 5.69 Å². The van der Waals surface area contributed by atoms with Gasteiger partial charge in [0.1, 0.15) is 0 Å². The van der Waals surface area contributed by atoms with Crippen LogP contribution in [0.2, 0.25) is 0 Å². The zero-order valence-corrected chi connectivity index (χ0v) is 11.3. The summed E-state index contributed by atoms with van der Waals surface area (Å²) in [7, 11) is 0. The quantitative estimate of drug-likeness (QED) is 0.884.